The highest BCUT2D eigenvalue weighted by molar-refractivity contribution is 6.49. The second-order valence-corrected chi connectivity index (χ2v) is 7.74. The monoisotopic (exact) mass is 457 g/mol. The molecule has 1 heterocycles. The van der Waals surface area contributed by atoms with Crippen LogP contribution in [0.5, 0.6) is 5.75 Å². The van der Waals surface area contributed by atoms with Gasteiger partial charge in [-0.15, -0.1) is 0 Å². The molecule has 3 aromatic rings. The summed E-state index contributed by atoms with van der Waals surface area (Å²) in [6, 6.07) is 20.8. The van der Waals surface area contributed by atoms with E-state index in [1.807, 2.05) is 6.07 Å². The Morgan fingerprint density at radius 1 is 0.882 bits per heavy atom. The molecular weight excluding hydrogens is 434 g/mol. The van der Waals surface area contributed by atoms with Gasteiger partial charge < -0.3 is 9.47 Å². The van der Waals surface area contributed by atoms with Gasteiger partial charge in [-0.1, -0.05) is 36.4 Å². The summed E-state index contributed by atoms with van der Waals surface area (Å²) < 4.78 is 10.2. The van der Waals surface area contributed by atoms with Gasteiger partial charge in [0.15, 0.2) is 5.78 Å². The van der Waals surface area contributed by atoms with Gasteiger partial charge in [0.05, 0.1) is 25.3 Å². The quantitative estimate of drug-likeness (QED) is 0.230. The van der Waals surface area contributed by atoms with E-state index in [2.05, 4.69) is 0 Å². The molecule has 4 rings (SSSR count). The number of rotatable bonds is 7. The van der Waals surface area contributed by atoms with Crippen molar-refractivity contribution in [3.05, 3.63) is 95.6 Å². The smallest absolute Gasteiger partial charge is 0.338 e. The number of carbonyl (C=O) groups excluding carboxylic acids is 4. The maximum absolute atomic E-state index is 13.5. The highest BCUT2D eigenvalue weighted by Gasteiger charge is 2.52. The Morgan fingerprint density at radius 3 is 2.24 bits per heavy atom. The number of ketones is 2. The first kappa shape index (κ1) is 22.9. The maximum Gasteiger partial charge on any atom is 0.338 e. The van der Waals surface area contributed by atoms with Crippen LogP contribution in [0.4, 0.5) is 5.69 Å². The van der Waals surface area contributed by atoms with Gasteiger partial charge in [-0.25, -0.2) is 4.79 Å². The molecule has 7 heteroatoms. The molecule has 0 aliphatic carbocycles. The fourth-order valence-corrected chi connectivity index (χ4v) is 4.13. The Morgan fingerprint density at radius 2 is 1.59 bits per heavy atom. The minimum absolute atomic E-state index is 0.204. The van der Waals surface area contributed by atoms with E-state index in [-0.39, 0.29) is 12.2 Å². The molecule has 0 N–H and O–H groups in total. The lowest BCUT2D eigenvalue weighted by molar-refractivity contribution is -0.135. The van der Waals surface area contributed by atoms with Crippen molar-refractivity contribution in [2.75, 3.05) is 18.6 Å². The van der Waals surface area contributed by atoms with Crippen molar-refractivity contribution in [1.29, 1.82) is 0 Å². The van der Waals surface area contributed by atoms with Crippen LogP contribution in [0.2, 0.25) is 0 Å². The second-order valence-electron chi connectivity index (χ2n) is 7.74. The molecule has 0 aromatic heterocycles. The van der Waals surface area contributed by atoms with Crippen LogP contribution < -0.4 is 9.64 Å². The van der Waals surface area contributed by atoms with E-state index in [1.54, 1.807) is 73.7 Å². The summed E-state index contributed by atoms with van der Waals surface area (Å²) in [5.41, 5.74) is 1.52. The van der Waals surface area contributed by atoms with Gasteiger partial charge in [-0.2, -0.15) is 0 Å². The lowest BCUT2D eigenvalue weighted by Crippen LogP contribution is -2.30. The molecular formula is C27H23NO6. The summed E-state index contributed by atoms with van der Waals surface area (Å²) in [4.78, 5) is 53.5. The normalized spacial score (nSPS) is 17.5. The number of carbonyl (C=O) groups is 4. The molecule has 7 nitrogen and oxygen atoms in total. The lowest BCUT2D eigenvalue weighted by Gasteiger charge is -2.27. The summed E-state index contributed by atoms with van der Waals surface area (Å²) in [6.45, 7) is 1.90. The number of esters is 1. The van der Waals surface area contributed by atoms with E-state index in [1.165, 1.54) is 18.1 Å². The van der Waals surface area contributed by atoms with E-state index < -0.39 is 35.4 Å². The number of ether oxygens (including phenoxy) is 2. The molecule has 172 valence electrons. The van der Waals surface area contributed by atoms with Crippen LogP contribution in [-0.4, -0.2) is 37.2 Å². The fourth-order valence-electron chi connectivity index (χ4n) is 4.13. The van der Waals surface area contributed by atoms with Gasteiger partial charge in [0.25, 0.3) is 5.91 Å². The molecule has 0 spiro atoms. The summed E-state index contributed by atoms with van der Waals surface area (Å²) in [6.07, 6.45) is 0. The van der Waals surface area contributed by atoms with Gasteiger partial charge in [0, 0.05) is 11.3 Å². The number of hydrogen-bond acceptors (Lipinski definition) is 6. The summed E-state index contributed by atoms with van der Waals surface area (Å²) >= 11 is 0. The van der Waals surface area contributed by atoms with Gasteiger partial charge in [-0.3, -0.25) is 19.3 Å². The Labute approximate surface area is 196 Å². The summed E-state index contributed by atoms with van der Waals surface area (Å²) in [5.74, 6) is -3.27. The molecule has 0 saturated carbocycles. The predicted octanol–water partition coefficient (Wildman–Crippen LogP) is 4.03. The number of amides is 1. The molecule has 2 unspecified atom stereocenters. The number of Topliss-reactive ketones (excluding diaryl/α,β-unsaturated/α-hetero) is 2. The van der Waals surface area contributed by atoms with Crippen molar-refractivity contribution in [2.24, 2.45) is 5.92 Å². The zero-order valence-electron chi connectivity index (χ0n) is 18.8. The van der Waals surface area contributed by atoms with Crippen molar-refractivity contribution in [3.8, 4) is 5.75 Å². The summed E-state index contributed by atoms with van der Waals surface area (Å²) in [5, 5.41) is 0. The third-order valence-corrected chi connectivity index (χ3v) is 5.74. The zero-order valence-corrected chi connectivity index (χ0v) is 18.8. The van der Waals surface area contributed by atoms with Crippen molar-refractivity contribution < 1.29 is 28.7 Å². The lowest BCUT2D eigenvalue weighted by atomic mass is 9.86. The van der Waals surface area contributed by atoms with Crippen molar-refractivity contribution in [1.82, 2.24) is 0 Å². The van der Waals surface area contributed by atoms with Gasteiger partial charge in [-0.05, 0) is 55.0 Å². The van der Waals surface area contributed by atoms with Crippen LogP contribution >= 0.6 is 0 Å². The minimum Gasteiger partial charge on any atom is -0.497 e. The van der Waals surface area contributed by atoms with Crippen LogP contribution in [-0.2, 0) is 14.3 Å². The maximum atomic E-state index is 13.5. The first-order valence-corrected chi connectivity index (χ1v) is 10.8. The topological polar surface area (TPSA) is 90.0 Å². The molecule has 0 bridgehead atoms. The van der Waals surface area contributed by atoms with Gasteiger partial charge in [0.2, 0.25) is 5.78 Å². The van der Waals surface area contributed by atoms with Gasteiger partial charge in [0.1, 0.15) is 11.7 Å². The van der Waals surface area contributed by atoms with E-state index in [4.69, 9.17) is 9.47 Å². The molecule has 3 aromatic carbocycles. The molecule has 0 radical (unpaired) electrons. The van der Waals surface area contributed by atoms with Crippen LogP contribution in [0.3, 0.4) is 0 Å². The predicted molar refractivity (Wildman–Crippen MR) is 125 cm³/mol. The third kappa shape index (κ3) is 4.20. The molecule has 34 heavy (non-hydrogen) atoms. The highest BCUT2D eigenvalue weighted by atomic mass is 16.5. The largest absolute Gasteiger partial charge is 0.497 e. The van der Waals surface area contributed by atoms with Crippen LogP contribution in [0.15, 0.2) is 78.9 Å². The average molecular weight is 457 g/mol. The van der Waals surface area contributed by atoms with Crippen LogP contribution in [0.25, 0.3) is 0 Å². The van der Waals surface area contributed by atoms with Crippen molar-refractivity contribution in [2.45, 2.75) is 13.0 Å². The Bertz CT molecular complexity index is 1240. The van der Waals surface area contributed by atoms with E-state index >= 15 is 0 Å². The Hall–Kier alpha value is -4.26. The fraction of sp³-hybridized carbons (Fsp3) is 0.185. The third-order valence-electron chi connectivity index (χ3n) is 5.74. The average Bonchev–Trinajstić information content (AvgIpc) is 3.14. The standard InChI is InChI=1S/C27H23NO6/c1-3-34-27(32)19-10-7-11-20(16-19)28-23(17-8-5-4-6-9-17)22(25(30)26(28)31)24(29)18-12-14-21(33-2)15-13-18/h4-16,22-23H,3H2,1-2H3. The van der Waals surface area contributed by atoms with E-state index in [9.17, 15) is 19.2 Å². The summed E-state index contributed by atoms with van der Waals surface area (Å²) in [7, 11) is 1.52. The van der Waals surface area contributed by atoms with E-state index in [0.717, 1.165) is 0 Å². The first-order valence-electron chi connectivity index (χ1n) is 10.8. The van der Waals surface area contributed by atoms with Crippen molar-refractivity contribution >= 4 is 29.1 Å². The SMILES string of the molecule is CCOC(=O)c1cccc(N2C(=O)C(=O)C(C(=O)c3ccc(OC)cc3)C2c2ccccc2)c1. The second kappa shape index (κ2) is 9.70. The van der Waals surface area contributed by atoms with Crippen LogP contribution in [0, 0.1) is 5.92 Å². The van der Waals surface area contributed by atoms with E-state index in [0.29, 0.717) is 22.6 Å². The minimum atomic E-state index is -1.24. The van der Waals surface area contributed by atoms with Gasteiger partial charge >= 0.3 is 5.97 Å². The number of nitrogens with zero attached hydrogens (tertiary/aromatic N) is 1. The molecule has 1 saturated heterocycles. The first-order chi connectivity index (χ1) is 16.5. The van der Waals surface area contributed by atoms with Crippen molar-refractivity contribution in [3.63, 3.8) is 0 Å². The number of benzene rings is 3. The number of anilines is 1. The molecule has 1 aliphatic heterocycles. The molecule has 1 aliphatic rings. The molecule has 1 amide bonds. The number of hydrogen-bond donors (Lipinski definition) is 0. The Balaban J connectivity index is 1.80. The number of methoxy groups -OCH3 is 1. The highest BCUT2D eigenvalue weighted by Crippen LogP contribution is 2.41. The zero-order chi connectivity index (χ0) is 24.2. The van der Waals surface area contributed by atoms with Crippen LogP contribution in [0.1, 0.15) is 39.2 Å². The Kier molecular flexibility index (Phi) is 6.54. The molecule has 2 atom stereocenters. The molecule has 1 fully saturated rings.